The van der Waals surface area contributed by atoms with Gasteiger partial charge in [-0.3, -0.25) is 14.4 Å². The second-order valence-electron chi connectivity index (χ2n) is 7.24. The molecule has 1 aromatic carbocycles. The molecule has 1 heterocycles. The molecule has 0 atom stereocenters. The first-order valence-corrected chi connectivity index (χ1v) is 10.6. The largest absolute Gasteiger partial charge is 0.484 e. The van der Waals surface area contributed by atoms with Gasteiger partial charge in [0.25, 0.3) is 11.8 Å². The molecule has 1 saturated heterocycles. The van der Waals surface area contributed by atoms with Crippen LogP contribution in [0, 0.1) is 0 Å². The summed E-state index contributed by atoms with van der Waals surface area (Å²) in [6, 6.07) is 7.17. The van der Waals surface area contributed by atoms with Crippen LogP contribution in [0.4, 0.5) is 0 Å². The lowest BCUT2D eigenvalue weighted by Crippen LogP contribution is -2.39. The van der Waals surface area contributed by atoms with E-state index in [4.69, 9.17) is 4.74 Å². The van der Waals surface area contributed by atoms with Gasteiger partial charge >= 0.3 is 0 Å². The van der Waals surface area contributed by atoms with Crippen molar-refractivity contribution in [2.45, 2.75) is 46.5 Å². The average molecular weight is 417 g/mol. The van der Waals surface area contributed by atoms with Crippen molar-refractivity contribution < 1.29 is 19.1 Å². The van der Waals surface area contributed by atoms with Crippen LogP contribution in [0.3, 0.4) is 0 Å². The van der Waals surface area contributed by atoms with Crippen molar-refractivity contribution in [3.8, 4) is 5.75 Å². The van der Waals surface area contributed by atoms with Gasteiger partial charge in [0.15, 0.2) is 6.61 Å². The summed E-state index contributed by atoms with van der Waals surface area (Å²) < 4.78 is 5.55. The van der Waals surface area contributed by atoms with Gasteiger partial charge in [-0.15, -0.1) is 0 Å². The summed E-state index contributed by atoms with van der Waals surface area (Å²) in [5, 5.41) is 4.14. The maximum Gasteiger partial charge on any atom is 0.260 e. The van der Waals surface area contributed by atoms with E-state index >= 15 is 0 Å². The van der Waals surface area contributed by atoms with E-state index < -0.39 is 0 Å². The molecule has 0 radical (unpaired) electrons. The molecule has 1 aliphatic heterocycles. The molecule has 2 rings (SSSR count). The number of rotatable bonds is 9. The fourth-order valence-electron chi connectivity index (χ4n) is 3.23. The van der Waals surface area contributed by atoms with Crippen LogP contribution < -0.4 is 10.2 Å². The lowest BCUT2D eigenvalue weighted by Gasteiger charge is -2.19. The molecule has 1 N–H and O–H groups in total. The lowest BCUT2D eigenvalue weighted by atomic mass is 10.1. The molecule has 3 amide bonds. The third kappa shape index (κ3) is 7.17. The molecule has 0 saturated carbocycles. The Labute approximate surface area is 178 Å². The first-order valence-electron chi connectivity index (χ1n) is 10.6. The number of nitrogens with zero attached hydrogens (tertiary/aromatic N) is 3. The van der Waals surface area contributed by atoms with Crippen LogP contribution in [0.2, 0.25) is 0 Å². The quantitative estimate of drug-likeness (QED) is 0.493. The zero-order valence-electron chi connectivity index (χ0n) is 18.1. The van der Waals surface area contributed by atoms with Gasteiger partial charge in [-0.25, -0.2) is 5.43 Å². The summed E-state index contributed by atoms with van der Waals surface area (Å²) in [5.41, 5.74) is 3.98. The van der Waals surface area contributed by atoms with Crippen molar-refractivity contribution >= 4 is 23.4 Å². The van der Waals surface area contributed by atoms with Crippen molar-refractivity contribution in [3.63, 3.8) is 0 Å². The maximum atomic E-state index is 12.1. The Bertz CT molecular complexity index is 757. The molecule has 1 fully saturated rings. The summed E-state index contributed by atoms with van der Waals surface area (Å²) in [7, 11) is 0. The number of ether oxygens (including phenoxy) is 1. The van der Waals surface area contributed by atoms with Gasteiger partial charge in [-0.2, -0.15) is 5.10 Å². The van der Waals surface area contributed by atoms with Crippen LogP contribution in [0.1, 0.15) is 52.0 Å². The molecule has 8 nitrogen and oxygen atoms in total. The Morgan fingerprint density at radius 1 is 1.13 bits per heavy atom. The molecule has 164 valence electrons. The zero-order chi connectivity index (χ0) is 21.9. The smallest absolute Gasteiger partial charge is 0.260 e. The van der Waals surface area contributed by atoms with E-state index in [0.717, 1.165) is 24.8 Å². The normalized spacial score (nSPS) is 14.8. The Morgan fingerprint density at radius 2 is 1.83 bits per heavy atom. The highest BCUT2D eigenvalue weighted by atomic mass is 16.5. The molecule has 0 unspecified atom stereocenters. The van der Waals surface area contributed by atoms with E-state index in [9.17, 15) is 14.4 Å². The molecule has 0 bridgehead atoms. The number of hydrogen-bond donors (Lipinski definition) is 1. The molecular formula is C22H32N4O4. The molecule has 30 heavy (non-hydrogen) atoms. The Balaban J connectivity index is 1.85. The van der Waals surface area contributed by atoms with Gasteiger partial charge in [0.1, 0.15) is 12.3 Å². The van der Waals surface area contributed by atoms with Gasteiger partial charge in [0, 0.05) is 26.1 Å². The summed E-state index contributed by atoms with van der Waals surface area (Å²) in [6.07, 6.45) is 3.34. The number of carbonyl (C=O) groups excluding carboxylic acids is 3. The van der Waals surface area contributed by atoms with Gasteiger partial charge in [-0.1, -0.05) is 6.42 Å². The SMILES string of the molecule is CCN(CC)C(=O)COc1ccc(/C(C)=N\NC(=O)CN2CCCCCC2=O)cc1. The van der Waals surface area contributed by atoms with Crippen LogP contribution in [0.15, 0.2) is 29.4 Å². The minimum atomic E-state index is -0.306. The number of hydrogen-bond acceptors (Lipinski definition) is 5. The van der Waals surface area contributed by atoms with E-state index in [2.05, 4.69) is 10.5 Å². The first kappa shape index (κ1) is 23.4. The van der Waals surface area contributed by atoms with Crippen LogP contribution in [-0.2, 0) is 14.4 Å². The van der Waals surface area contributed by atoms with Crippen LogP contribution in [-0.4, -0.2) is 66.0 Å². The fraction of sp³-hybridized carbons (Fsp3) is 0.545. The second-order valence-corrected chi connectivity index (χ2v) is 7.24. The highest BCUT2D eigenvalue weighted by Gasteiger charge is 2.19. The monoisotopic (exact) mass is 416 g/mol. The molecule has 0 aromatic heterocycles. The summed E-state index contributed by atoms with van der Waals surface area (Å²) >= 11 is 0. The first-order chi connectivity index (χ1) is 14.4. The Morgan fingerprint density at radius 3 is 2.50 bits per heavy atom. The van der Waals surface area contributed by atoms with E-state index in [0.29, 0.717) is 37.5 Å². The van der Waals surface area contributed by atoms with Crippen molar-refractivity contribution in [2.75, 3.05) is 32.8 Å². The number of likely N-dealkylation sites (tertiary alicyclic amines) is 1. The number of hydrazone groups is 1. The fourth-order valence-corrected chi connectivity index (χ4v) is 3.23. The lowest BCUT2D eigenvalue weighted by molar-refractivity contribution is -0.135. The molecule has 8 heteroatoms. The zero-order valence-corrected chi connectivity index (χ0v) is 18.1. The maximum absolute atomic E-state index is 12.1. The summed E-state index contributed by atoms with van der Waals surface area (Å²) in [4.78, 5) is 39.4. The number of likely N-dealkylation sites (N-methyl/N-ethyl adjacent to an activating group) is 1. The number of benzene rings is 1. The summed E-state index contributed by atoms with van der Waals surface area (Å²) in [6.45, 7) is 7.62. The Kier molecular flexibility index (Phi) is 9.31. The molecule has 0 aliphatic carbocycles. The standard InChI is InChI=1S/C22H32N4O4/c1-4-25(5-2)22(29)16-30-19-12-10-18(11-13-19)17(3)23-24-20(27)15-26-14-8-6-7-9-21(26)28/h10-13H,4-9,14-16H2,1-3H3,(H,24,27)/b23-17-. The van der Waals surface area contributed by atoms with Gasteiger partial charge < -0.3 is 14.5 Å². The minimum Gasteiger partial charge on any atom is -0.484 e. The highest BCUT2D eigenvalue weighted by Crippen LogP contribution is 2.13. The van der Waals surface area contributed by atoms with E-state index in [1.807, 2.05) is 26.0 Å². The van der Waals surface area contributed by atoms with E-state index in [1.54, 1.807) is 28.9 Å². The number of carbonyl (C=O) groups is 3. The molecule has 0 spiro atoms. The minimum absolute atomic E-state index is 0.000619. The Hall–Kier alpha value is -2.90. The van der Waals surface area contributed by atoms with E-state index in [-0.39, 0.29) is 30.9 Å². The predicted molar refractivity (Wildman–Crippen MR) is 115 cm³/mol. The van der Waals surface area contributed by atoms with Gasteiger partial charge in [0.2, 0.25) is 5.91 Å². The number of amides is 3. The van der Waals surface area contributed by atoms with Crippen LogP contribution >= 0.6 is 0 Å². The van der Waals surface area contributed by atoms with Crippen molar-refractivity contribution in [1.82, 2.24) is 15.2 Å². The van der Waals surface area contributed by atoms with E-state index in [1.165, 1.54) is 0 Å². The average Bonchev–Trinajstić information content (AvgIpc) is 2.96. The topological polar surface area (TPSA) is 91.3 Å². The summed E-state index contributed by atoms with van der Waals surface area (Å²) in [5.74, 6) is 0.265. The number of nitrogens with one attached hydrogen (secondary N) is 1. The predicted octanol–water partition coefficient (Wildman–Crippen LogP) is 2.18. The molecule has 1 aromatic rings. The van der Waals surface area contributed by atoms with Crippen LogP contribution in [0.25, 0.3) is 0 Å². The third-order valence-electron chi connectivity index (χ3n) is 5.10. The van der Waals surface area contributed by atoms with Gasteiger partial charge in [-0.05, 0) is 63.4 Å². The second kappa shape index (κ2) is 11.9. The highest BCUT2D eigenvalue weighted by molar-refractivity contribution is 5.99. The molecular weight excluding hydrogens is 384 g/mol. The van der Waals surface area contributed by atoms with Crippen molar-refractivity contribution in [2.24, 2.45) is 5.10 Å². The van der Waals surface area contributed by atoms with Crippen molar-refractivity contribution in [1.29, 1.82) is 0 Å². The molecule has 1 aliphatic rings. The van der Waals surface area contributed by atoms with Crippen LogP contribution in [0.5, 0.6) is 5.75 Å². The third-order valence-corrected chi connectivity index (χ3v) is 5.10. The van der Waals surface area contributed by atoms with Crippen molar-refractivity contribution in [3.05, 3.63) is 29.8 Å². The van der Waals surface area contributed by atoms with Gasteiger partial charge in [0.05, 0.1) is 5.71 Å².